The predicted octanol–water partition coefficient (Wildman–Crippen LogP) is 3.19. The standard InChI is InChI=1S/C25H26N8O3/c1-3-21(34)32-14-4-5-18(15-32)16-6-10-20(11-7-16)29-25(36)33-23(26)30-24(31-33)28-19-12-8-17(9-13-19)22(35)27-2/h3,6-13,15H,1,4-5,14H2,2H3,(H,27,35)(H,29,36)(H3,26,28,30,31). The Bertz CT molecular complexity index is 1330. The second-order valence-corrected chi connectivity index (χ2v) is 7.99. The van der Waals surface area contributed by atoms with Crippen LogP contribution >= 0.6 is 0 Å². The molecule has 3 amide bonds. The molecule has 0 bridgehead atoms. The van der Waals surface area contributed by atoms with Crippen molar-refractivity contribution in [3.8, 4) is 0 Å². The molecule has 0 aliphatic carbocycles. The molecule has 1 aromatic heterocycles. The second kappa shape index (κ2) is 10.6. The van der Waals surface area contributed by atoms with E-state index in [0.717, 1.165) is 28.7 Å². The van der Waals surface area contributed by atoms with Gasteiger partial charge in [-0.05, 0) is 66.5 Å². The van der Waals surface area contributed by atoms with Gasteiger partial charge < -0.3 is 26.6 Å². The van der Waals surface area contributed by atoms with Crippen LogP contribution in [0.2, 0.25) is 0 Å². The largest absolute Gasteiger partial charge is 0.368 e. The van der Waals surface area contributed by atoms with Crippen molar-refractivity contribution in [3.63, 3.8) is 0 Å². The summed E-state index contributed by atoms with van der Waals surface area (Å²) in [4.78, 5) is 42.0. The van der Waals surface area contributed by atoms with Crippen LogP contribution in [0.5, 0.6) is 0 Å². The van der Waals surface area contributed by atoms with E-state index in [-0.39, 0.29) is 23.7 Å². The monoisotopic (exact) mass is 486 g/mol. The topological polar surface area (TPSA) is 147 Å². The fraction of sp³-hybridized carbons (Fsp3) is 0.160. The lowest BCUT2D eigenvalue weighted by Crippen LogP contribution is -2.27. The van der Waals surface area contributed by atoms with Gasteiger partial charge in [0.2, 0.25) is 17.8 Å². The number of allylic oxidation sites excluding steroid dienone is 1. The molecule has 1 aliphatic rings. The molecule has 11 nitrogen and oxygen atoms in total. The number of benzene rings is 2. The number of rotatable bonds is 6. The van der Waals surface area contributed by atoms with Crippen LogP contribution in [-0.4, -0.2) is 51.1 Å². The SMILES string of the molecule is C=CC(=O)N1C=C(c2ccc(NC(=O)n3nc(Nc4ccc(C(=O)NC)cc4)nc3N)cc2)CCC1. The van der Waals surface area contributed by atoms with Crippen LogP contribution in [0, 0.1) is 0 Å². The van der Waals surface area contributed by atoms with Crippen molar-refractivity contribution in [2.24, 2.45) is 0 Å². The summed E-state index contributed by atoms with van der Waals surface area (Å²) in [5, 5.41) is 12.4. The summed E-state index contributed by atoms with van der Waals surface area (Å²) in [6, 6.07) is 13.4. The third-order valence-electron chi connectivity index (χ3n) is 5.58. The molecule has 0 unspecified atom stereocenters. The number of nitrogen functional groups attached to an aromatic ring is 1. The maximum atomic E-state index is 12.7. The zero-order chi connectivity index (χ0) is 25.7. The number of amides is 3. The maximum absolute atomic E-state index is 12.7. The van der Waals surface area contributed by atoms with Crippen LogP contribution < -0.4 is 21.7 Å². The quantitative estimate of drug-likeness (QED) is 0.391. The molecule has 11 heteroatoms. The van der Waals surface area contributed by atoms with Crippen molar-refractivity contribution in [1.82, 2.24) is 25.0 Å². The van der Waals surface area contributed by atoms with Crippen molar-refractivity contribution in [2.45, 2.75) is 12.8 Å². The summed E-state index contributed by atoms with van der Waals surface area (Å²) < 4.78 is 0.956. The van der Waals surface area contributed by atoms with E-state index in [4.69, 9.17) is 5.73 Å². The fourth-order valence-electron chi connectivity index (χ4n) is 3.72. The molecule has 36 heavy (non-hydrogen) atoms. The molecular weight excluding hydrogens is 460 g/mol. The molecule has 4 rings (SSSR count). The third-order valence-corrected chi connectivity index (χ3v) is 5.58. The van der Waals surface area contributed by atoms with Crippen LogP contribution in [0.3, 0.4) is 0 Å². The lowest BCUT2D eigenvalue weighted by molar-refractivity contribution is -0.123. The Labute approximate surface area is 207 Å². The predicted molar refractivity (Wildman–Crippen MR) is 138 cm³/mol. The van der Waals surface area contributed by atoms with Crippen LogP contribution in [0.4, 0.5) is 28.1 Å². The number of nitrogens with two attached hydrogens (primary N) is 1. The molecule has 0 radical (unpaired) electrons. The van der Waals surface area contributed by atoms with Crippen molar-refractivity contribution in [3.05, 3.63) is 78.5 Å². The van der Waals surface area contributed by atoms with Crippen LogP contribution in [-0.2, 0) is 4.79 Å². The molecule has 0 fully saturated rings. The summed E-state index contributed by atoms with van der Waals surface area (Å²) in [6.07, 6.45) is 4.87. The van der Waals surface area contributed by atoms with Gasteiger partial charge in [0.15, 0.2) is 0 Å². The van der Waals surface area contributed by atoms with E-state index in [1.807, 2.05) is 18.3 Å². The van der Waals surface area contributed by atoms with Crippen LogP contribution in [0.1, 0.15) is 28.8 Å². The van der Waals surface area contributed by atoms with Crippen molar-refractivity contribution in [2.75, 3.05) is 30.0 Å². The number of carbonyl (C=O) groups is 3. The van der Waals surface area contributed by atoms with E-state index in [1.54, 1.807) is 48.3 Å². The van der Waals surface area contributed by atoms with Crippen LogP contribution in [0.15, 0.2) is 67.4 Å². The number of nitrogens with zero attached hydrogens (tertiary/aromatic N) is 4. The van der Waals surface area contributed by atoms with E-state index < -0.39 is 6.03 Å². The highest BCUT2D eigenvalue weighted by Gasteiger charge is 2.17. The zero-order valence-corrected chi connectivity index (χ0v) is 19.7. The van der Waals surface area contributed by atoms with Crippen molar-refractivity contribution < 1.29 is 14.4 Å². The molecule has 0 saturated carbocycles. The number of nitrogens with one attached hydrogen (secondary N) is 3. The Morgan fingerprint density at radius 3 is 2.42 bits per heavy atom. The van der Waals surface area contributed by atoms with Gasteiger partial charge in [0.25, 0.3) is 5.91 Å². The summed E-state index contributed by atoms with van der Waals surface area (Å²) in [6.45, 7) is 4.21. The number of hydrogen-bond acceptors (Lipinski definition) is 7. The average molecular weight is 487 g/mol. The molecule has 2 heterocycles. The summed E-state index contributed by atoms with van der Waals surface area (Å²) in [7, 11) is 1.56. The Balaban J connectivity index is 1.41. The highest BCUT2D eigenvalue weighted by Crippen LogP contribution is 2.26. The third kappa shape index (κ3) is 5.41. The Hall–Kier alpha value is -4.93. The first-order valence-corrected chi connectivity index (χ1v) is 11.2. The van der Waals surface area contributed by atoms with Gasteiger partial charge in [-0.15, -0.1) is 9.78 Å². The lowest BCUT2D eigenvalue weighted by Gasteiger charge is -2.24. The van der Waals surface area contributed by atoms with Gasteiger partial charge in [-0.2, -0.15) is 4.98 Å². The summed E-state index contributed by atoms with van der Waals surface area (Å²) in [5.74, 6) is -0.282. The first-order valence-electron chi connectivity index (χ1n) is 11.2. The number of anilines is 4. The van der Waals surface area contributed by atoms with E-state index in [0.29, 0.717) is 23.5 Å². The van der Waals surface area contributed by atoms with Gasteiger partial charge >= 0.3 is 6.03 Å². The summed E-state index contributed by atoms with van der Waals surface area (Å²) in [5.41, 5.74) is 9.57. The Morgan fingerprint density at radius 1 is 1.06 bits per heavy atom. The number of hydrogen-bond donors (Lipinski definition) is 4. The van der Waals surface area contributed by atoms with Gasteiger partial charge in [0.1, 0.15) is 0 Å². The van der Waals surface area contributed by atoms with Crippen molar-refractivity contribution >= 4 is 46.7 Å². The molecule has 184 valence electrons. The second-order valence-electron chi connectivity index (χ2n) is 7.99. The first-order chi connectivity index (χ1) is 17.4. The first kappa shape index (κ1) is 24.2. The Kier molecular flexibility index (Phi) is 7.10. The van der Waals surface area contributed by atoms with Gasteiger partial charge in [-0.1, -0.05) is 18.7 Å². The molecule has 0 atom stereocenters. The summed E-state index contributed by atoms with van der Waals surface area (Å²) >= 11 is 0. The molecule has 5 N–H and O–H groups in total. The minimum absolute atomic E-state index is 0.0899. The van der Waals surface area contributed by atoms with E-state index in [2.05, 4.69) is 32.6 Å². The highest BCUT2D eigenvalue weighted by atomic mass is 16.2. The molecule has 3 aromatic rings. The lowest BCUT2D eigenvalue weighted by atomic mass is 9.99. The molecular formula is C25H26N8O3. The minimum Gasteiger partial charge on any atom is -0.368 e. The zero-order valence-electron chi connectivity index (χ0n) is 19.7. The molecule has 0 spiro atoms. The van der Waals surface area contributed by atoms with Crippen LogP contribution in [0.25, 0.3) is 5.57 Å². The fourth-order valence-corrected chi connectivity index (χ4v) is 3.72. The van der Waals surface area contributed by atoms with Gasteiger partial charge in [0.05, 0.1) is 0 Å². The van der Waals surface area contributed by atoms with Crippen molar-refractivity contribution in [1.29, 1.82) is 0 Å². The minimum atomic E-state index is -0.574. The normalized spacial score (nSPS) is 12.9. The smallest absolute Gasteiger partial charge is 0.349 e. The van der Waals surface area contributed by atoms with Gasteiger partial charge in [-0.25, -0.2) is 4.79 Å². The molecule has 2 aromatic carbocycles. The van der Waals surface area contributed by atoms with E-state index >= 15 is 0 Å². The highest BCUT2D eigenvalue weighted by molar-refractivity contribution is 5.94. The van der Waals surface area contributed by atoms with Gasteiger partial charge in [-0.3, -0.25) is 9.59 Å². The van der Waals surface area contributed by atoms with Gasteiger partial charge in [0, 0.05) is 36.7 Å². The number of carbonyl (C=O) groups excluding carboxylic acids is 3. The average Bonchev–Trinajstić information content (AvgIpc) is 3.28. The van der Waals surface area contributed by atoms with E-state index in [9.17, 15) is 14.4 Å². The number of aromatic nitrogens is 3. The molecule has 0 saturated heterocycles. The maximum Gasteiger partial charge on any atom is 0.349 e. The molecule has 1 aliphatic heterocycles. The van der Waals surface area contributed by atoms with E-state index in [1.165, 1.54) is 6.08 Å². The Morgan fingerprint density at radius 2 is 1.75 bits per heavy atom.